The smallest absolute Gasteiger partial charge is 0.254 e. The molecule has 0 spiro atoms. The molecule has 0 saturated carbocycles. The van der Waals surface area contributed by atoms with Gasteiger partial charge in [-0.05, 0) is 63.4 Å². The van der Waals surface area contributed by atoms with Gasteiger partial charge in [-0.3, -0.25) is 4.79 Å². The Morgan fingerprint density at radius 3 is 2.68 bits per heavy atom. The molecule has 4 aromatic rings. The van der Waals surface area contributed by atoms with Crippen molar-refractivity contribution in [3.63, 3.8) is 0 Å². The predicted octanol–water partition coefficient (Wildman–Crippen LogP) is 4.65. The van der Waals surface area contributed by atoms with Crippen LogP contribution >= 0.6 is 0 Å². The van der Waals surface area contributed by atoms with Crippen LogP contribution in [0.25, 0.3) is 16.6 Å². The van der Waals surface area contributed by atoms with Gasteiger partial charge in [-0.25, -0.2) is 13.9 Å². The summed E-state index contributed by atoms with van der Waals surface area (Å²) in [5, 5.41) is 26.9. The van der Waals surface area contributed by atoms with Crippen LogP contribution in [0.2, 0.25) is 0 Å². The number of piperidine rings is 1. The Hall–Kier alpha value is -4.49. The van der Waals surface area contributed by atoms with E-state index in [2.05, 4.69) is 21.4 Å². The van der Waals surface area contributed by atoms with Crippen LogP contribution < -0.4 is 15.0 Å². The minimum Gasteiger partial charge on any atom is -0.476 e. The van der Waals surface area contributed by atoms with Crippen LogP contribution in [0.15, 0.2) is 54.9 Å². The molecule has 212 valence electrons. The van der Waals surface area contributed by atoms with Gasteiger partial charge in [0.05, 0.1) is 23.8 Å². The molecule has 0 aliphatic carbocycles. The molecule has 1 amide bonds. The van der Waals surface area contributed by atoms with Gasteiger partial charge in [-0.15, -0.1) is 5.10 Å². The molecule has 1 unspecified atom stereocenters. The second-order valence-electron chi connectivity index (χ2n) is 10.8. The van der Waals surface area contributed by atoms with Crippen LogP contribution in [0.5, 0.6) is 5.88 Å². The van der Waals surface area contributed by atoms with E-state index in [-0.39, 0.29) is 24.0 Å². The number of amides is 1. The first-order valence-corrected chi connectivity index (χ1v) is 13.7. The number of rotatable bonds is 8. The lowest BCUT2D eigenvalue weighted by molar-refractivity contribution is 0.0886. The molecule has 0 radical (unpaired) electrons. The zero-order chi connectivity index (χ0) is 29.1. The van der Waals surface area contributed by atoms with Crippen LogP contribution in [0.1, 0.15) is 54.6 Å². The second kappa shape index (κ2) is 11.6. The molecular weight excluding hydrogens is 523 g/mol. The zero-order valence-corrected chi connectivity index (χ0v) is 23.4. The number of anilines is 1. The SMILES string of the molecule is Cc1cccc(F)c1C(=O)NC1(C)CCN(c2ccc(-c3cccn4nc(OCCC(C)O)c(C#N)c34)cn2)CC1. The molecular formula is C31H33FN6O3. The summed E-state index contributed by atoms with van der Waals surface area (Å²) in [5.41, 5.74) is 2.85. The van der Waals surface area contributed by atoms with Crippen molar-refractivity contribution in [1.29, 1.82) is 5.26 Å². The van der Waals surface area contributed by atoms with E-state index in [9.17, 15) is 19.6 Å². The highest BCUT2D eigenvalue weighted by atomic mass is 19.1. The maximum atomic E-state index is 14.3. The van der Waals surface area contributed by atoms with Crippen LogP contribution in [0, 0.1) is 24.1 Å². The van der Waals surface area contributed by atoms with Crippen molar-refractivity contribution >= 4 is 17.2 Å². The van der Waals surface area contributed by atoms with E-state index in [1.807, 2.05) is 31.2 Å². The number of nitriles is 1. The fourth-order valence-corrected chi connectivity index (χ4v) is 5.18. The number of halogens is 1. The molecule has 10 heteroatoms. The van der Waals surface area contributed by atoms with Crippen LogP contribution in [0.4, 0.5) is 10.2 Å². The Morgan fingerprint density at radius 1 is 1.24 bits per heavy atom. The van der Waals surface area contributed by atoms with E-state index in [1.165, 1.54) is 6.07 Å². The van der Waals surface area contributed by atoms with Gasteiger partial charge in [0.2, 0.25) is 0 Å². The largest absolute Gasteiger partial charge is 0.476 e. The van der Waals surface area contributed by atoms with E-state index < -0.39 is 17.5 Å². The Morgan fingerprint density at radius 2 is 2.02 bits per heavy atom. The first kappa shape index (κ1) is 28.1. The Kier molecular flexibility index (Phi) is 7.90. The number of carbonyl (C=O) groups is 1. The first-order chi connectivity index (χ1) is 19.7. The minimum atomic E-state index is -0.513. The van der Waals surface area contributed by atoms with Gasteiger partial charge in [0.1, 0.15) is 23.3 Å². The van der Waals surface area contributed by atoms with Crippen molar-refractivity contribution in [2.45, 2.75) is 51.7 Å². The van der Waals surface area contributed by atoms with Gasteiger partial charge in [0.25, 0.3) is 11.8 Å². The lowest BCUT2D eigenvalue weighted by Crippen LogP contribution is -2.53. The number of benzene rings is 1. The zero-order valence-electron chi connectivity index (χ0n) is 23.4. The molecule has 1 fully saturated rings. The Balaban J connectivity index is 1.29. The normalized spacial score (nSPS) is 15.4. The number of nitrogens with zero attached hydrogens (tertiary/aromatic N) is 5. The maximum absolute atomic E-state index is 14.3. The molecule has 3 aromatic heterocycles. The van der Waals surface area contributed by atoms with Crippen LogP contribution in [-0.2, 0) is 0 Å². The molecule has 41 heavy (non-hydrogen) atoms. The first-order valence-electron chi connectivity index (χ1n) is 13.7. The summed E-state index contributed by atoms with van der Waals surface area (Å²) in [6, 6.07) is 14.6. The third-order valence-electron chi connectivity index (χ3n) is 7.62. The molecule has 1 atom stereocenters. The minimum absolute atomic E-state index is 0.0969. The summed E-state index contributed by atoms with van der Waals surface area (Å²) < 4.78 is 21.6. The van der Waals surface area contributed by atoms with E-state index in [0.29, 0.717) is 49.0 Å². The van der Waals surface area contributed by atoms with Crippen molar-refractivity contribution in [3.05, 3.63) is 77.4 Å². The highest BCUT2D eigenvalue weighted by molar-refractivity contribution is 5.96. The number of hydrogen-bond acceptors (Lipinski definition) is 7. The maximum Gasteiger partial charge on any atom is 0.254 e. The number of aromatic nitrogens is 3. The summed E-state index contributed by atoms with van der Waals surface area (Å²) in [6.07, 6.45) is 4.85. The summed E-state index contributed by atoms with van der Waals surface area (Å²) in [6.45, 7) is 7.04. The lowest BCUT2D eigenvalue weighted by atomic mass is 9.89. The molecule has 0 bridgehead atoms. The third-order valence-corrected chi connectivity index (χ3v) is 7.62. The number of aliphatic hydroxyl groups excluding tert-OH is 1. The number of ether oxygens (including phenoxy) is 1. The van der Waals surface area contributed by atoms with Crippen LogP contribution in [0.3, 0.4) is 0 Å². The Bertz CT molecular complexity index is 1580. The number of aryl methyl sites for hydroxylation is 1. The third kappa shape index (κ3) is 5.86. The van der Waals surface area contributed by atoms with Crippen molar-refractivity contribution in [1.82, 2.24) is 19.9 Å². The van der Waals surface area contributed by atoms with Gasteiger partial charge in [0, 0.05) is 48.6 Å². The average Bonchev–Trinajstić information content (AvgIpc) is 3.30. The van der Waals surface area contributed by atoms with Crippen molar-refractivity contribution in [2.75, 3.05) is 24.6 Å². The molecule has 9 nitrogen and oxygen atoms in total. The fourth-order valence-electron chi connectivity index (χ4n) is 5.18. The Labute approximate surface area is 238 Å². The second-order valence-corrected chi connectivity index (χ2v) is 10.8. The van der Waals surface area contributed by atoms with Gasteiger partial charge in [-0.2, -0.15) is 5.26 Å². The average molecular weight is 557 g/mol. The summed E-state index contributed by atoms with van der Waals surface area (Å²) in [5.74, 6) is 0.150. The molecule has 1 aliphatic rings. The van der Waals surface area contributed by atoms with Crippen molar-refractivity contribution < 1.29 is 19.0 Å². The fraction of sp³-hybridized carbons (Fsp3) is 0.355. The molecule has 5 rings (SSSR count). The quantitative estimate of drug-likeness (QED) is 0.324. The van der Waals surface area contributed by atoms with Gasteiger partial charge in [-0.1, -0.05) is 18.2 Å². The molecule has 4 heterocycles. The number of aliphatic hydroxyl groups is 1. The number of nitrogens with one attached hydrogen (secondary N) is 1. The summed E-state index contributed by atoms with van der Waals surface area (Å²) >= 11 is 0. The van der Waals surface area contributed by atoms with Gasteiger partial charge < -0.3 is 20.1 Å². The van der Waals surface area contributed by atoms with E-state index in [0.717, 1.165) is 16.9 Å². The van der Waals surface area contributed by atoms with Crippen molar-refractivity contribution in [3.8, 4) is 23.1 Å². The number of fused-ring (bicyclic) bond motifs is 1. The van der Waals surface area contributed by atoms with Crippen molar-refractivity contribution in [2.24, 2.45) is 0 Å². The molecule has 1 saturated heterocycles. The monoisotopic (exact) mass is 556 g/mol. The number of hydrogen-bond donors (Lipinski definition) is 2. The van der Waals surface area contributed by atoms with Gasteiger partial charge >= 0.3 is 0 Å². The standard InChI is InChI=1S/C31H33FN6O3/c1-20-6-4-8-25(32)27(20)29(40)35-31(3)12-15-37(16-13-31)26-10-9-22(19-34-26)23-7-5-14-38-28(23)24(18-33)30(36-38)41-17-11-21(2)39/h4-10,14,19,21,39H,11-13,15-17H2,1-3H3,(H,35,40). The molecule has 1 aromatic carbocycles. The summed E-state index contributed by atoms with van der Waals surface area (Å²) in [4.78, 5) is 19.8. The highest BCUT2D eigenvalue weighted by Gasteiger charge is 2.33. The lowest BCUT2D eigenvalue weighted by Gasteiger charge is -2.40. The van der Waals surface area contributed by atoms with Crippen LogP contribution in [-0.4, -0.2) is 57.0 Å². The predicted molar refractivity (Wildman–Crippen MR) is 153 cm³/mol. The number of pyridine rings is 2. The number of carbonyl (C=O) groups excluding carboxylic acids is 1. The van der Waals surface area contributed by atoms with Gasteiger partial charge in [0.15, 0.2) is 0 Å². The van der Waals surface area contributed by atoms with E-state index in [4.69, 9.17) is 9.72 Å². The highest BCUT2D eigenvalue weighted by Crippen LogP contribution is 2.32. The molecule has 2 N–H and O–H groups in total. The van der Waals surface area contributed by atoms with E-state index in [1.54, 1.807) is 42.9 Å². The van der Waals surface area contributed by atoms with E-state index >= 15 is 0 Å². The summed E-state index contributed by atoms with van der Waals surface area (Å²) in [7, 11) is 0. The topological polar surface area (TPSA) is 116 Å². The molecule has 1 aliphatic heterocycles.